The lowest BCUT2D eigenvalue weighted by molar-refractivity contribution is 0.402. The van der Waals surface area contributed by atoms with Gasteiger partial charge in [0.15, 0.2) is 0 Å². The Hall–Kier alpha value is -1.07. The van der Waals surface area contributed by atoms with Gasteiger partial charge in [0.1, 0.15) is 0 Å². The highest BCUT2D eigenvalue weighted by atomic mass is 32.2. The minimum atomic E-state index is -3.48. The topological polar surface area (TPSA) is 72.2 Å². The highest BCUT2D eigenvalue weighted by Gasteiger charge is 2.33. The Kier molecular flexibility index (Phi) is 3.87. The van der Waals surface area contributed by atoms with Crippen molar-refractivity contribution in [1.82, 2.24) is 4.72 Å². The first kappa shape index (κ1) is 14.3. The van der Waals surface area contributed by atoms with E-state index in [4.69, 9.17) is 5.73 Å². The van der Waals surface area contributed by atoms with E-state index in [1.165, 1.54) is 0 Å². The van der Waals surface area contributed by atoms with Crippen LogP contribution in [0.1, 0.15) is 32.3 Å². The lowest BCUT2D eigenvalue weighted by Gasteiger charge is -2.20. The predicted octanol–water partition coefficient (Wildman–Crippen LogP) is 2.29. The molecule has 0 saturated heterocycles. The van der Waals surface area contributed by atoms with Gasteiger partial charge in [-0.25, -0.2) is 13.1 Å². The van der Waals surface area contributed by atoms with Crippen molar-refractivity contribution in [2.45, 2.75) is 44.6 Å². The summed E-state index contributed by atoms with van der Waals surface area (Å²) in [6.45, 7) is 6.02. The van der Waals surface area contributed by atoms with Gasteiger partial charge in [-0.2, -0.15) is 0 Å². The molecule has 4 nitrogen and oxygen atoms in total. The molecule has 1 aliphatic carbocycles. The molecule has 1 aromatic carbocycles. The third-order valence-electron chi connectivity index (χ3n) is 4.39. The van der Waals surface area contributed by atoms with Crippen LogP contribution in [0.4, 0.5) is 5.69 Å². The summed E-state index contributed by atoms with van der Waals surface area (Å²) in [5.41, 5.74) is 6.91. The maximum absolute atomic E-state index is 12.4. The van der Waals surface area contributed by atoms with Crippen molar-refractivity contribution >= 4 is 15.7 Å². The van der Waals surface area contributed by atoms with Crippen LogP contribution in [-0.4, -0.2) is 14.5 Å². The van der Waals surface area contributed by atoms with Crippen LogP contribution in [0.25, 0.3) is 0 Å². The molecular weight excluding hydrogens is 260 g/mol. The van der Waals surface area contributed by atoms with Gasteiger partial charge in [0.25, 0.3) is 0 Å². The minimum absolute atomic E-state index is 0.0285. The molecule has 2 rings (SSSR count). The highest BCUT2D eigenvalue weighted by molar-refractivity contribution is 7.89. The smallest absolute Gasteiger partial charge is 0.241 e. The second kappa shape index (κ2) is 5.13. The van der Waals surface area contributed by atoms with Gasteiger partial charge in [-0.1, -0.05) is 19.9 Å². The van der Waals surface area contributed by atoms with Crippen molar-refractivity contribution in [2.75, 3.05) is 5.73 Å². The van der Waals surface area contributed by atoms with Crippen molar-refractivity contribution < 1.29 is 8.42 Å². The first-order valence-electron chi connectivity index (χ1n) is 6.70. The van der Waals surface area contributed by atoms with Gasteiger partial charge in [0.2, 0.25) is 10.0 Å². The first-order valence-corrected chi connectivity index (χ1v) is 8.18. The summed E-state index contributed by atoms with van der Waals surface area (Å²) in [6.07, 6.45) is 1.98. The third-order valence-corrected chi connectivity index (χ3v) is 6.02. The van der Waals surface area contributed by atoms with E-state index in [1.54, 1.807) is 25.1 Å². The van der Waals surface area contributed by atoms with E-state index in [9.17, 15) is 8.42 Å². The Morgan fingerprint density at radius 1 is 1.26 bits per heavy atom. The van der Waals surface area contributed by atoms with Gasteiger partial charge < -0.3 is 5.73 Å². The number of nitrogen functional groups attached to an aromatic ring is 1. The van der Waals surface area contributed by atoms with Crippen LogP contribution < -0.4 is 10.5 Å². The number of rotatable bonds is 3. The number of sulfonamides is 1. The zero-order valence-electron chi connectivity index (χ0n) is 11.7. The molecule has 5 heteroatoms. The van der Waals surface area contributed by atoms with Crippen molar-refractivity contribution in [3.63, 3.8) is 0 Å². The molecule has 0 bridgehead atoms. The fraction of sp³-hybridized carbons (Fsp3) is 0.571. The van der Waals surface area contributed by atoms with Crippen molar-refractivity contribution in [2.24, 2.45) is 11.8 Å². The molecule has 1 saturated carbocycles. The van der Waals surface area contributed by atoms with Crippen LogP contribution in [0.15, 0.2) is 23.1 Å². The molecule has 0 amide bonds. The monoisotopic (exact) mass is 282 g/mol. The van der Waals surface area contributed by atoms with Crippen molar-refractivity contribution in [1.29, 1.82) is 0 Å². The average Bonchev–Trinajstić information content (AvgIpc) is 2.64. The lowest BCUT2D eigenvalue weighted by atomic mass is 9.98. The largest absolute Gasteiger partial charge is 0.398 e. The Balaban J connectivity index is 2.26. The molecule has 1 aliphatic rings. The quantitative estimate of drug-likeness (QED) is 0.835. The molecule has 0 aliphatic heterocycles. The molecule has 106 valence electrons. The Bertz CT molecular complexity index is 569. The van der Waals surface area contributed by atoms with E-state index in [0.29, 0.717) is 28.0 Å². The number of nitrogens with two attached hydrogens (primary N) is 1. The zero-order valence-corrected chi connectivity index (χ0v) is 12.5. The van der Waals surface area contributed by atoms with Crippen LogP contribution in [0.5, 0.6) is 0 Å². The molecule has 1 aromatic rings. The Labute approximate surface area is 115 Å². The van der Waals surface area contributed by atoms with Gasteiger partial charge in [-0.15, -0.1) is 0 Å². The summed E-state index contributed by atoms with van der Waals surface area (Å²) in [7, 11) is -3.48. The summed E-state index contributed by atoms with van der Waals surface area (Å²) in [6, 6.07) is 5.03. The van der Waals surface area contributed by atoms with Gasteiger partial charge in [-0.3, -0.25) is 0 Å². The summed E-state index contributed by atoms with van der Waals surface area (Å²) < 4.78 is 27.7. The zero-order chi connectivity index (χ0) is 14.2. The Morgan fingerprint density at radius 2 is 1.95 bits per heavy atom. The van der Waals surface area contributed by atoms with Crippen LogP contribution >= 0.6 is 0 Å². The molecular formula is C14H22N2O2S. The highest BCUT2D eigenvalue weighted by Crippen LogP contribution is 2.32. The summed E-state index contributed by atoms with van der Waals surface area (Å²) in [4.78, 5) is 0.291. The molecule has 0 aromatic heterocycles. The first-order chi connectivity index (χ1) is 8.83. The number of nitrogens with one attached hydrogen (secondary N) is 1. The molecule has 3 atom stereocenters. The summed E-state index contributed by atoms with van der Waals surface area (Å²) in [5, 5.41) is 0. The number of anilines is 1. The van der Waals surface area contributed by atoms with E-state index in [1.807, 2.05) is 0 Å². The van der Waals surface area contributed by atoms with Crippen LogP contribution in [0.2, 0.25) is 0 Å². The summed E-state index contributed by atoms with van der Waals surface area (Å²) in [5.74, 6) is 0.936. The molecule has 0 spiro atoms. The maximum Gasteiger partial charge on any atom is 0.241 e. The average molecular weight is 282 g/mol. The minimum Gasteiger partial charge on any atom is -0.398 e. The van der Waals surface area contributed by atoms with E-state index in [0.717, 1.165) is 12.8 Å². The Morgan fingerprint density at radius 3 is 2.53 bits per heavy atom. The van der Waals surface area contributed by atoms with Crippen molar-refractivity contribution in [3.8, 4) is 0 Å². The number of benzene rings is 1. The van der Waals surface area contributed by atoms with E-state index in [-0.39, 0.29) is 6.04 Å². The molecule has 19 heavy (non-hydrogen) atoms. The number of hydrogen-bond acceptors (Lipinski definition) is 3. The second-order valence-electron chi connectivity index (χ2n) is 5.61. The lowest BCUT2D eigenvalue weighted by Crippen LogP contribution is -2.37. The van der Waals surface area contributed by atoms with Gasteiger partial charge >= 0.3 is 0 Å². The van der Waals surface area contributed by atoms with E-state index >= 15 is 0 Å². The molecule has 3 unspecified atom stereocenters. The normalized spacial score (nSPS) is 27.6. The molecule has 3 N–H and O–H groups in total. The van der Waals surface area contributed by atoms with Crippen LogP contribution in [-0.2, 0) is 10.0 Å². The standard InChI is InChI=1S/C14H22N2O2S/c1-9-7-8-13(10(9)2)16-19(17,18)14-6-4-5-12(15)11(14)3/h4-6,9-10,13,16H,7-8,15H2,1-3H3. The summed E-state index contributed by atoms with van der Waals surface area (Å²) >= 11 is 0. The van der Waals surface area contributed by atoms with Gasteiger partial charge in [0.05, 0.1) is 4.90 Å². The molecule has 0 radical (unpaired) electrons. The van der Waals surface area contributed by atoms with Gasteiger partial charge in [-0.05, 0) is 49.3 Å². The number of hydrogen-bond donors (Lipinski definition) is 2. The third kappa shape index (κ3) is 2.77. The van der Waals surface area contributed by atoms with Gasteiger partial charge in [0, 0.05) is 11.7 Å². The SMILES string of the molecule is Cc1c(N)cccc1S(=O)(=O)NC1CCC(C)C1C. The van der Waals surface area contributed by atoms with E-state index in [2.05, 4.69) is 18.6 Å². The van der Waals surface area contributed by atoms with E-state index < -0.39 is 10.0 Å². The molecule has 1 fully saturated rings. The molecule has 0 heterocycles. The van der Waals surface area contributed by atoms with Crippen LogP contribution in [0, 0.1) is 18.8 Å². The van der Waals surface area contributed by atoms with Crippen molar-refractivity contribution in [3.05, 3.63) is 23.8 Å². The maximum atomic E-state index is 12.4. The fourth-order valence-corrected chi connectivity index (χ4v) is 4.35. The van der Waals surface area contributed by atoms with Crippen LogP contribution in [0.3, 0.4) is 0 Å². The fourth-order valence-electron chi connectivity index (χ4n) is 2.72. The second-order valence-corrected chi connectivity index (χ2v) is 7.29. The predicted molar refractivity (Wildman–Crippen MR) is 77.3 cm³/mol.